The molecule has 0 unspecified atom stereocenters. The zero-order valence-corrected chi connectivity index (χ0v) is 107. The fourth-order valence-electron chi connectivity index (χ4n) is 15.4. The monoisotopic (exact) mass is 2190 g/mol. The first-order chi connectivity index (χ1) is 67.7. The second-order valence-corrected chi connectivity index (χ2v) is 55.0. The topological polar surface area (TPSA) is 157 Å². The molecule has 0 amide bonds. The molecule has 0 saturated heterocycles. The van der Waals surface area contributed by atoms with Crippen LogP contribution in [0, 0.1) is 36.1 Å². The molecule has 1 aromatic heterocycles. The van der Waals surface area contributed by atoms with Crippen molar-refractivity contribution in [3.8, 4) is 0 Å². The summed E-state index contributed by atoms with van der Waals surface area (Å²) in [5.74, 6) is -0.642. The first kappa shape index (κ1) is 148. The lowest BCUT2D eigenvalue weighted by Crippen LogP contribution is -2.44. The van der Waals surface area contributed by atoms with Gasteiger partial charge in [-0.25, -0.2) is 17.6 Å². The van der Waals surface area contributed by atoms with E-state index < -0.39 is 11.6 Å². The molecule has 1 saturated carbocycles. The van der Waals surface area contributed by atoms with Gasteiger partial charge >= 0.3 is 0 Å². The number of hydrogen-bond acceptors (Lipinski definition) is 13. The Balaban J connectivity index is -0.00000158. The molecule has 13 nitrogen and oxygen atoms in total. The number of rotatable bonds is 23. The average molecular weight is 2190 g/mol. The fraction of sp³-hybridized carbons (Fsp3) is 0.617. The van der Waals surface area contributed by atoms with Gasteiger partial charge in [-0.1, -0.05) is 170 Å². The van der Waals surface area contributed by atoms with Gasteiger partial charge in [-0.3, -0.25) is 4.98 Å². The highest BCUT2D eigenvalue weighted by Crippen LogP contribution is 2.32. The average Bonchev–Trinajstić information content (AvgIpc) is 1.47. The number of benzene rings is 7. The van der Waals surface area contributed by atoms with Gasteiger partial charge in [0.05, 0.1) is 10.0 Å². The third-order valence-electron chi connectivity index (χ3n) is 21.6. The van der Waals surface area contributed by atoms with Crippen molar-refractivity contribution in [1.29, 1.82) is 0 Å². The summed E-state index contributed by atoms with van der Waals surface area (Å²) in [6.45, 7) is 113. The molecule has 7 aromatic carbocycles. The molecule has 8 aromatic rings. The van der Waals surface area contributed by atoms with Crippen molar-refractivity contribution in [2.45, 2.75) is 511 Å². The van der Waals surface area contributed by atoms with Gasteiger partial charge in [-0.2, -0.15) is 0 Å². The Morgan fingerprint density at radius 1 is 0.300 bits per heavy atom. The lowest BCUT2D eigenvalue weighted by molar-refractivity contribution is 0.320. The smallest absolute Gasteiger partial charge is 0.130 e. The van der Waals surface area contributed by atoms with E-state index in [1.165, 1.54) is 66.3 Å². The van der Waals surface area contributed by atoms with E-state index in [1.54, 1.807) is 13.0 Å². The fourth-order valence-corrected chi connectivity index (χ4v) is 16.5. The summed E-state index contributed by atoms with van der Waals surface area (Å²) < 4.78 is 51.8. The number of hydrogen-bond donors (Lipinski definition) is 12. The second kappa shape index (κ2) is 68.7. The Morgan fingerprint density at radius 3 is 0.913 bits per heavy atom. The molecule has 1 fully saturated rings. The maximum atomic E-state index is 13.4. The highest BCUT2D eigenvalue weighted by Gasteiger charge is 2.28. The van der Waals surface area contributed by atoms with E-state index in [0.717, 1.165) is 45.3 Å². The van der Waals surface area contributed by atoms with E-state index in [0.29, 0.717) is 73.0 Å². The Hall–Kier alpha value is -5.88. The number of nitrogens with zero attached hydrogens (tertiary/aromatic N) is 1. The van der Waals surface area contributed by atoms with Gasteiger partial charge in [0.15, 0.2) is 0 Å². The molecule has 12 N–H and O–H groups in total. The molecule has 1 aliphatic carbocycles. The van der Waals surface area contributed by atoms with Crippen LogP contribution in [0.15, 0.2) is 189 Å². The van der Waals surface area contributed by atoms with Crippen molar-refractivity contribution >= 4 is 58.0 Å². The van der Waals surface area contributed by atoms with E-state index in [9.17, 15) is 17.6 Å². The van der Waals surface area contributed by atoms with Gasteiger partial charge in [0.25, 0.3) is 0 Å². The minimum absolute atomic E-state index is 0.0711. The molecule has 9 rings (SSSR count). The van der Waals surface area contributed by atoms with Crippen LogP contribution in [0.1, 0.15) is 464 Å². The van der Waals surface area contributed by atoms with Crippen molar-refractivity contribution in [2.24, 2.45) is 5.92 Å². The molecule has 0 aliphatic heterocycles. The molecule has 11 atom stereocenters. The van der Waals surface area contributed by atoms with E-state index in [-0.39, 0.29) is 103 Å². The van der Waals surface area contributed by atoms with Crippen LogP contribution in [0.4, 0.5) is 17.6 Å². The normalized spacial score (nSPS) is 14.7. The maximum Gasteiger partial charge on any atom is 0.130 e. The van der Waals surface area contributed by atoms with Crippen LogP contribution < -0.4 is 63.8 Å². The third-order valence-corrected chi connectivity index (χ3v) is 23.2. The number of aryl methyl sites for hydroxylation is 1. The van der Waals surface area contributed by atoms with Crippen molar-refractivity contribution < 1.29 is 17.6 Å². The first-order valence-corrected chi connectivity index (χ1v) is 56.1. The standard InChI is InChI=1S/C13H20FN.2C12H17Cl2N.C12H18ClN.C12H17F2N.C12H18FN.C12H19N.C11H18N2.C9H21N.C8H19N.C8H17N.C7H15N/c1-9-8-11(6-7-12(9)14)10(2)15-13(3,4)5;1-8(15-12(2,3)4)10-6-5-9(13)7-11(10)14;1-8(15-12(2,3)4)9-5-6-10(13)11(14)7-9;1-9(14-12(2,3)4)10-5-7-11(13)8-6-10;1-8(15-12(2,3)4)10-6-5-9(13)7-11(10)14;1-9(14-12(2,3)4)10-5-7-11(13)8-6-10;1-10(13-12(2,3)4)11-8-6-5-7-9-11;1-9(13-11(2,3)4)10-5-7-12-8-6-10;1-7(2)8(3)10-9(4,5)6;2*1-6-7(2)9-8(3,4)5;1-7(2,3)8-6-4-5-6/h6-8,10,15H,1-5H3;2*5-8,15H,1-4H3;5-9,14H,1-4H3;5-8,15H,1-4H3;5-9,14H,1-4H3;5-10,13H,1-4H3;5-9,13H,1-4H3;7-8,10H,1-6H3;7,9H,6H2,1-5H3;6-7,9H,1H2,2-5H3;6,8H,4-5H2,1-3H3/t10-;2*8-;9-;8-;9-;10-;9-;8-;2*7-;/m00000000000./s1. The Morgan fingerprint density at radius 2 is 0.613 bits per heavy atom. The lowest BCUT2D eigenvalue weighted by atomic mass is 10.0. The van der Waals surface area contributed by atoms with Gasteiger partial charge in [0.2, 0.25) is 0 Å². The predicted octanol–water partition coefficient (Wildman–Crippen LogP) is 36.7. The van der Waals surface area contributed by atoms with Crippen LogP contribution in [0.2, 0.25) is 25.1 Å². The van der Waals surface area contributed by atoms with Crippen LogP contribution in [0.25, 0.3) is 0 Å². The van der Waals surface area contributed by atoms with Crippen LogP contribution in [-0.4, -0.2) is 95.6 Å². The molecule has 150 heavy (non-hydrogen) atoms. The molecule has 0 radical (unpaired) electrons. The van der Waals surface area contributed by atoms with Crippen LogP contribution in [-0.2, 0) is 0 Å². The van der Waals surface area contributed by atoms with Gasteiger partial charge in [0.1, 0.15) is 23.3 Å². The number of nitrogens with one attached hydrogen (secondary N) is 12. The number of halogens is 9. The third kappa shape index (κ3) is 82.6. The molecule has 0 spiro atoms. The lowest BCUT2D eigenvalue weighted by Gasteiger charge is -2.28. The summed E-state index contributed by atoms with van der Waals surface area (Å²) >= 11 is 29.6. The Labute approximate surface area is 942 Å². The molecule has 1 heterocycles. The van der Waals surface area contributed by atoms with Crippen molar-refractivity contribution in [2.75, 3.05) is 0 Å². The van der Waals surface area contributed by atoms with Crippen LogP contribution >= 0.6 is 58.0 Å². The summed E-state index contributed by atoms with van der Waals surface area (Å²) in [5.41, 5.74) is 11.3. The van der Waals surface area contributed by atoms with Gasteiger partial charge in [-0.15, -0.1) is 6.58 Å². The van der Waals surface area contributed by atoms with Crippen LogP contribution in [0.3, 0.4) is 0 Å². The predicted molar refractivity (Wildman–Crippen MR) is 658 cm³/mol. The van der Waals surface area contributed by atoms with Crippen molar-refractivity contribution in [3.63, 3.8) is 0 Å². The van der Waals surface area contributed by atoms with Crippen LogP contribution in [0.5, 0.6) is 0 Å². The van der Waals surface area contributed by atoms with Gasteiger partial charge in [0, 0.05) is 178 Å². The number of pyridine rings is 1. The summed E-state index contributed by atoms with van der Waals surface area (Å²) in [4.78, 5) is 4.00. The maximum absolute atomic E-state index is 13.4. The van der Waals surface area contributed by atoms with Gasteiger partial charge in [-0.05, 0) is 475 Å². The van der Waals surface area contributed by atoms with Crippen molar-refractivity contribution in [3.05, 3.63) is 287 Å². The summed E-state index contributed by atoms with van der Waals surface area (Å²) in [6.07, 6.45) is 9.55. The molecular formula is C128H216Cl5F4N13. The molecule has 22 heteroatoms. The SMILES string of the molecule is C=C[C@H](C)NC(C)(C)C.CC(C)(C)NC1CC1.CC(C)[C@H](C)NC(C)(C)C.CC[C@H](C)NC(C)(C)C.C[C@H](NC(C)(C)C)c1ccc(Cl)c(Cl)c1.C[C@H](NC(C)(C)C)c1ccc(Cl)cc1.C[C@H](NC(C)(C)C)c1ccc(Cl)cc1Cl.C[C@H](NC(C)(C)C)c1ccc(F)cc1.C[C@H](NC(C)(C)C)c1ccc(F)cc1F.C[C@H](NC(C)(C)C)c1ccccc1.C[C@H](NC(C)(C)C)c1ccncc1.Cc1cc([C@H](C)NC(C)(C)C)ccc1F. The molecular weight excluding hydrogens is 1970 g/mol. The van der Waals surface area contributed by atoms with E-state index in [2.05, 4.69) is 430 Å². The highest BCUT2D eigenvalue weighted by molar-refractivity contribution is 6.42. The number of aromatic nitrogens is 1. The summed E-state index contributed by atoms with van der Waals surface area (Å²) in [5, 5.41) is 44.8. The van der Waals surface area contributed by atoms with E-state index >= 15 is 0 Å². The molecule has 0 bridgehead atoms. The quantitative estimate of drug-likeness (QED) is 0.0217. The zero-order chi connectivity index (χ0) is 117. The van der Waals surface area contributed by atoms with Gasteiger partial charge < -0.3 is 63.8 Å². The largest absolute Gasteiger partial charge is 0.310 e. The minimum Gasteiger partial charge on any atom is -0.310 e. The molecule has 1 aliphatic rings. The second-order valence-electron chi connectivity index (χ2n) is 53.0. The highest BCUT2D eigenvalue weighted by atomic mass is 35.5. The molecule has 856 valence electrons. The first-order valence-electron chi connectivity index (χ1n) is 54.3. The minimum atomic E-state index is -0.542. The van der Waals surface area contributed by atoms with E-state index in [1.807, 2.05) is 131 Å². The summed E-state index contributed by atoms with van der Waals surface area (Å²) in [7, 11) is 0. The van der Waals surface area contributed by atoms with E-state index in [4.69, 9.17) is 58.0 Å². The Kier molecular flexibility index (Phi) is 67.9. The summed E-state index contributed by atoms with van der Waals surface area (Å²) in [6, 6.07) is 54.0. The zero-order valence-electron chi connectivity index (χ0n) is 104. The van der Waals surface area contributed by atoms with Crippen molar-refractivity contribution in [1.82, 2.24) is 68.8 Å². The Bertz CT molecular complexity index is 4650.